The van der Waals surface area contributed by atoms with E-state index in [1.807, 2.05) is 26.0 Å². The first-order valence-electron chi connectivity index (χ1n) is 11.1. The molecule has 2 N–H and O–H groups in total. The third-order valence-corrected chi connectivity index (χ3v) is 6.96. The number of aromatic nitrogens is 1. The third-order valence-electron chi connectivity index (χ3n) is 5.59. The van der Waals surface area contributed by atoms with Gasteiger partial charge in [-0.25, -0.2) is 9.37 Å². The summed E-state index contributed by atoms with van der Waals surface area (Å²) in [5, 5.41) is 1.30. The molecular weight excluding hydrogens is 471 g/mol. The number of nitrogens with zero attached hydrogens (tertiary/aromatic N) is 1. The molecular formula is C27H30ClFN2O2S. The van der Waals surface area contributed by atoms with Crippen molar-refractivity contribution in [2.24, 2.45) is 5.73 Å². The summed E-state index contributed by atoms with van der Waals surface area (Å²) in [4.78, 5) is 5.79. The van der Waals surface area contributed by atoms with Gasteiger partial charge in [0.2, 0.25) is 0 Å². The summed E-state index contributed by atoms with van der Waals surface area (Å²) < 4.78 is 24.8. The molecule has 0 aliphatic carbocycles. The summed E-state index contributed by atoms with van der Waals surface area (Å²) in [6.45, 7) is 6.29. The van der Waals surface area contributed by atoms with Gasteiger partial charge in [-0.3, -0.25) is 0 Å². The van der Waals surface area contributed by atoms with Crippen molar-refractivity contribution in [3.63, 3.8) is 0 Å². The third kappa shape index (κ3) is 5.97. The summed E-state index contributed by atoms with van der Waals surface area (Å²) in [6, 6.07) is 8.45. The molecule has 0 aliphatic rings. The van der Waals surface area contributed by atoms with Gasteiger partial charge in [0.1, 0.15) is 22.6 Å². The second-order valence-electron chi connectivity index (χ2n) is 8.15. The average Bonchev–Trinajstić information content (AvgIpc) is 3.20. The Morgan fingerprint density at radius 1 is 1.18 bits per heavy atom. The Balaban J connectivity index is 1.87. The van der Waals surface area contributed by atoms with E-state index in [-0.39, 0.29) is 18.3 Å². The number of rotatable bonds is 8. The van der Waals surface area contributed by atoms with Crippen molar-refractivity contribution in [2.45, 2.75) is 52.2 Å². The number of halogens is 2. The highest BCUT2D eigenvalue weighted by atomic mass is 35.5. The van der Waals surface area contributed by atoms with E-state index in [0.717, 1.165) is 50.9 Å². The van der Waals surface area contributed by atoms with E-state index in [9.17, 15) is 4.39 Å². The van der Waals surface area contributed by atoms with E-state index in [4.69, 9.17) is 31.8 Å². The molecule has 0 bridgehead atoms. The zero-order valence-electron chi connectivity index (χ0n) is 20.2. The molecule has 0 fully saturated rings. The van der Waals surface area contributed by atoms with Crippen molar-refractivity contribution in [1.82, 2.24) is 4.98 Å². The number of hydrogen-bond acceptors (Lipinski definition) is 5. The fraction of sp³-hybridized carbons (Fsp3) is 0.370. The number of ether oxygens (including phenoxy) is 2. The van der Waals surface area contributed by atoms with Crippen LogP contribution in [0.25, 0.3) is 11.3 Å². The Labute approximate surface area is 210 Å². The van der Waals surface area contributed by atoms with Crippen molar-refractivity contribution in [3.05, 3.63) is 67.7 Å². The zero-order valence-corrected chi connectivity index (χ0v) is 21.7. The van der Waals surface area contributed by atoms with E-state index >= 15 is 0 Å². The molecule has 0 aliphatic heterocycles. The van der Waals surface area contributed by atoms with E-state index < -0.39 is 6.04 Å². The molecule has 0 radical (unpaired) electrons. The maximum Gasteiger partial charge on any atom is 0.129 e. The highest BCUT2D eigenvalue weighted by Crippen LogP contribution is 2.37. The predicted molar refractivity (Wildman–Crippen MR) is 138 cm³/mol. The van der Waals surface area contributed by atoms with Crippen LogP contribution in [0.1, 0.15) is 58.3 Å². The first kappa shape index (κ1) is 26.2. The molecule has 180 valence electrons. The second kappa shape index (κ2) is 11.8. The summed E-state index contributed by atoms with van der Waals surface area (Å²) in [7, 11) is 3.17. The molecule has 0 amide bonds. The minimum atomic E-state index is -0.549. The van der Waals surface area contributed by atoms with Gasteiger partial charge < -0.3 is 15.2 Å². The van der Waals surface area contributed by atoms with Crippen molar-refractivity contribution >= 4 is 22.9 Å². The molecule has 0 saturated carbocycles. The van der Waals surface area contributed by atoms with Crippen LogP contribution < -0.4 is 10.5 Å². The van der Waals surface area contributed by atoms with Gasteiger partial charge in [-0.2, -0.15) is 0 Å². The lowest BCUT2D eigenvalue weighted by atomic mass is 9.93. The molecule has 2 unspecified atom stereocenters. The number of nitrogens with two attached hydrogens (primary N) is 1. The minimum Gasteiger partial charge on any atom is -0.496 e. The van der Waals surface area contributed by atoms with Gasteiger partial charge in [-0.1, -0.05) is 48.9 Å². The fourth-order valence-corrected chi connectivity index (χ4v) is 4.91. The monoisotopic (exact) mass is 500 g/mol. The minimum absolute atomic E-state index is 0.110. The smallest absolute Gasteiger partial charge is 0.129 e. The Bertz CT molecular complexity index is 1220. The molecule has 2 atom stereocenters. The van der Waals surface area contributed by atoms with Crippen molar-refractivity contribution in [2.75, 3.05) is 14.2 Å². The zero-order chi connectivity index (χ0) is 24.8. The Morgan fingerprint density at radius 3 is 2.59 bits per heavy atom. The maximum atomic E-state index is 14.4. The van der Waals surface area contributed by atoms with Gasteiger partial charge in [0, 0.05) is 29.0 Å². The second-order valence-corrected chi connectivity index (χ2v) is 9.79. The van der Waals surface area contributed by atoms with Gasteiger partial charge in [0.25, 0.3) is 0 Å². The van der Waals surface area contributed by atoms with Crippen molar-refractivity contribution < 1.29 is 13.9 Å². The van der Waals surface area contributed by atoms with Gasteiger partial charge in [-0.15, -0.1) is 11.3 Å². The van der Waals surface area contributed by atoms with Crippen LogP contribution in [0.5, 0.6) is 5.75 Å². The lowest BCUT2D eigenvalue weighted by Gasteiger charge is -2.12. The van der Waals surface area contributed by atoms with Crippen LogP contribution in [0.3, 0.4) is 0 Å². The van der Waals surface area contributed by atoms with E-state index in [0.29, 0.717) is 10.6 Å². The molecule has 1 heterocycles. The largest absolute Gasteiger partial charge is 0.496 e. The normalized spacial score (nSPS) is 12.7. The Morgan fingerprint density at radius 2 is 1.94 bits per heavy atom. The van der Waals surface area contributed by atoms with Gasteiger partial charge >= 0.3 is 0 Å². The highest BCUT2D eigenvalue weighted by molar-refractivity contribution is 7.12. The molecule has 3 rings (SSSR count). The lowest BCUT2D eigenvalue weighted by Crippen LogP contribution is -2.08. The van der Waals surface area contributed by atoms with Gasteiger partial charge in [0.05, 0.1) is 24.4 Å². The van der Waals surface area contributed by atoms with Crippen LogP contribution in [0, 0.1) is 31.5 Å². The first-order chi connectivity index (χ1) is 16.3. The number of aryl methyl sites for hydroxylation is 2. The standard InChI is InChI=1S/C27H30ClFN2O2S/c1-6-7-18(19-8-9-20(15-32-4)23(29)13-19)10-11-24(30)27-31-26(17(3)34-27)21-12-16(2)25(33-5)14-22(21)28/h8-9,12-14,18,24H,6-7,15,30H2,1-5H3. The number of hydrogen-bond donors (Lipinski definition) is 1. The van der Waals surface area contributed by atoms with Crippen molar-refractivity contribution in [1.29, 1.82) is 0 Å². The average molecular weight is 501 g/mol. The molecule has 4 nitrogen and oxygen atoms in total. The van der Waals surface area contributed by atoms with Crippen LogP contribution in [0.2, 0.25) is 5.02 Å². The molecule has 0 spiro atoms. The van der Waals surface area contributed by atoms with Crippen LogP contribution >= 0.6 is 22.9 Å². The van der Waals surface area contributed by atoms with Gasteiger partial charge in [-0.05, 0) is 49.6 Å². The highest BCUT2D eigenvalue weighted by Gasteiger charge is 2.18. The Kier molecular flexibility index (Phi) is 9.10. The summed E-state index contributed by atoms with van der Waals surface area (Å²) >= 11 is 8.02. The molecule has 3 aromatic rings. The number of benzene rings is 2. The summed E-state index contributed by atoms with van der Waals surface area (Å²) in [5.41, 5.74) is 10.4. The molecule has 34 heavy (non-hydrogen) atoms. The quantitative estimate of drug-likeness (QED) is 0.339. The SMILES string of the molecule is CCCC(C#CC(N)c1nc(-c2cc(C)c(OC)cc2Cl)c(C)s1)c1ccc(COC)c(F)c1. The van der Waals surface area contributed by atoms with Gasteiger partial charge in [0.15, 0.2) is 0 Å². The summed E-state index contributed by atoms with van der Waals surface area (Å²) in [5.74, 6) is 6.77. The first-order valence-corrected chi connectivity index (χ1v) is 12.3. The Hall–Kier alpha value is -2.43. The topological polar surface area (TPSA) is 57.4 Å². The maximum absolute atomic E-state index is 14.4. The van der Waals surface area contributed by atoms with Crippen LogP contribution in [0.4, 0.5) is 4.39 Å². The molecule has 0 saturated heterocycles. The van der Waals surface area contributed by atoms with Crippen LogP contribution in [-0.4, -0.2) is 19.2 Å². The predicted octanol–water partition coefficient (Wildman–Crippen LogP) is 6.96. The number of thiazole rings is 1. The van der Waals surface area contributed by atoms with E-state index in [2.05, 4.69) is 18.8 Å². The molecule has 1 aromatic heterocycles. The van der Waals surface area contributed by atoms with Crippen LogP contribution in [-0.2, 0) is 11.3 Å². The molecule has 2 aromatic carbocycles. The van der Waals surface area contributed by atoms with Crippen LogP contribution in [0.15, 0.2) is 30.3 Å². The fourth-order valence-electron chi connectivity index (χ4n) is 3.78. The van der Waals surface area contributed by atoms with E-state index in [1.165, 1.54) is 11.3 Å². The number of methoxy groups -OCH3 is 2. The lowest BCUT2D eigenvalue weighted by molar-refractivity contribution is 0.181. The molecule has 7 heteroatoms. The van der Waals surface area contributed by atoms with Crippen molar-refractivity contribution in [3.8, 4) is 28.8 Å². The van der Waals surface area contributed by atoms with E-state index in [1.54, 1.807) is 32.4 Å². The summed E-state index contributed by atoms with van der Waals surface area (Å²) in [6.07, 6.45) is 1.73.